The van der Waals surface area contributed by atoms with Crippen LogP contribution in [0.5, 0.6) is 0 Å². The lowest BCUT2D eigenvalue weighted by Gasteiger charge is -2.31. The molecule has 0 unspecified atom stereocenters. The lowest BCUT2D eigenvalue weighted by atomic mass is 9.95. The number of hydrogen-bond donors (Lipinski definition) is 1. The Kier molecular flexibility index (Phi) is 6.92. The van der Waals surface area contributed by atoms with Crippen molar-refractivity contribution in [1.29, 1.82) is 0 Å². The van der Waals surface area contributed by atoms with E-state index in [1.807, 2.05) is 0 Å². The number of hydrogen-bond acceptors (Lipinski definition) is 2. The van der Waals surface area contributed by atoms with Crippen LogP contribution in [-0.4, -0.2) is 36.3 Å². The van der Waals surface area contributed by atoms with E-state index in [0.29, 0.717) is 60.1 Å². The Morgan fingerprint density at radius 2 is 1.79 bits per heavy atom. The second-order valence-corrected chi connectivity index (χ2v) is 7.64. The normalized spacial score (nSPS) is 14.8. The molecule has 148 valence electrons. The van der Waals surface area contributed by atoms with Crippen LogP contribution in [0.3, 0.4) is 0 Å². The molecule has 2 amide bonds. The van der Waals surface area contributed by atoms with E-state index < -0.39 is 0 Å². The second-order valence-electron chi connectivity index (χ2n) is 6.83. The third-order valence-electron chi connectivity index (χ3n) is 4.97. The fourth-order valence-corrected chi connectivity index (χ4v) is 3.62. The molecular weight excluding hydrogens is 402 g/mol. The maximum atomic E-state index is 13.6. The number of carbonyl (C=O) groups excluding carboxylic acids is 2. The van der Waals surface area contributed by atoms with E-state index in [2.05, 4.69) is 5.32 Å². The van der Waals surface area contributed by atoms with Gasteiger partial charge < -0.3 is 10.2 Å². The number of nitrogens with zero attached hydrogens (tertiary/aromatic N) is 1. The average molecular weight is 423 g/mol. The van der Waals surface area contributed by atoms with Crippen LogP contribution in [0, 0.1) is 11.7 Å². The van der Waals surface area contributed by atoms with Crippen molar-refractivity contribution in [3.63, 3.8) is 0 Å². The van der Waals surface area contributed by atoms with Crippen LogP contribution in [0.2, 0.25) is 10.0 Å². The molecule has 1 N–H and O–H groups in total. The highest BCUT2D eigenvalue weighted by molar-refractivity contribution is 6.42. The van der Waals surface area contributed by atoms with Gasteiger partial charge in [0, 0.05) is 31.1 Å². The molecule has 1 heterocycles. The monoisotopic (exact) mass is 422 g/mol. The van der Waals surface area contributed by atoms with Crippen LogP contribution in [0.4, 0.5) is 4.39 Å². The van der Waals surface area contributed by atoms with Gasteiger partial charge >= 0.3 is 0 Å². The quantitative estimate of drug-likeness (QED) is 0.778. The molecule has 2 aromatic carbocycles. The second kappa shape index (κ2) is 9.39. The third-order valence-corrected chi connectivity index (χ3v) is 5.71. The van der Waals surface area contributed by atoms with Gasteiger partial charge in [0.05, 0.1) is 10.0 Å². The Balaban J connectivity index is 1.46. The fraction of sp³-hybridized carbons (Fsp3) is 0.333. The molecule has 2 aromatic rings. The molecule has 28 heavy (non-hydrogen) atoms. The van der Waals surface area contributed by atoms with Gasteiger partial charge in [-0.05, 0) is 49.1 Å². The summed E-state index contributed by atoms with van der Waals surface area (Å²) in [4.78, 5) is 26.7. The average Bonchev–Trinajstić information content (AvgIpc) is 2.71. The van der Waals surface area contributed by atoms with Gasteiger partial charge in [0.1, 0.15) is 5.82 Å². The van der Waals surface area contributed by atoms with E-state index in [0.717, 1.165) is 0 Å². The van der Waals surface area contributed by atoms with E-state index in [1.54, 1.807) is 41.3 Å². The standard InChI is InChI=1S/C21H21Cl2FN2O2/c22-17-6-5-16(13-18(17)23)21(28)26-11-8-15(9-12-26)20(27)25-10-7-14-3-1-2-4-19(14)24/h1-6,13,15H,7-12H2,(H,25,27). The lowest BCUT2D eigenvalue weighted by molar-refractivity contribution is -0.126. The first-order chi connectivity index (χ1) is 13.5. The largest absolute Gasteiger partial charge is 0.356 e. The van der Waals surface area contributed by atoms with E-state index in [9.17, 15) is 14.0 Å². The Bertz CT molecular complexity index is 867. The number of amides is 2. The molecular formula is C21H21Cl2FN2O2. The predicted octanol–water partition coefficient (Wildman–Crippen LogP) is 4.34. The molecule has 1 aliphatic rings. The van der Waals surface area contributed by atoms with Gasteiger partial charge in [-0.2, -0.15) is 0 Å². The minimum Gasteiger partial charge on any atom is -0.356 e. The molecule has 1 saturated heterocycles. The molecule has 4 nitrogen and oxygen atoms in total. The highest BCUT2D eigenvalue weighted by Crippen LogP contribution is 2.25. The molecule has 0 radical (unpaired) electrons. The Hall–Kier alpha value is -2.11. The predicted molar refractivity (Wildman–Crippen MR) is 108 cm³/mol. The van der Waals surface area contributed by atoms with Gasteiger partial charge in [0.15, 0.2) is 0 Å². The topological polar surface area (TPSA) is 49.4 Å². The van der Waals surface area contributed by atoms with Crippen molar-refractivity contribution in [2.45, 2.75) is 19.3 Å². The zero-order valence-electron chi connectivity index (χ0n) is 15.3. The number of benzene rings is 2. The number of nitrogens with one attached hydrogen (secondary N) is 1. The minimum absolute atomic E-state index is 0.0435. The smallest absolute Gasteiger partial charge is 0.253 e. The van der Waals surface area contributed by atoms with Crippen molar-refractivity contribution in [3.8, 4) is 0 Å². The van der Waals surface area contributed by atoms with Gasteiger partial charge in [-0.15, -0.1) is 0 Å². The lowest BCUT2D eigenvalue weighted by Crippen LogP contribution is -2.43. The Labute approximate surface area is 173 Å². The first kappa shape index (κ1) is 20.6. The van der Waals surface area contributed by atoms with Crippen molar-refractivity contribution >= 4 is 35.0 Å². The maximum absolute atomic E-state index is 13.6. The van der Waals surface area contributed by atoms with Crippen molar-refractivity contribution in [2.24, 2.45) is 5.92 Å². The Morgan fingerprint density at radius 1 is 1.07 bits per heavy atom. The SMILES string of the molecule is O=C(NCCc1ccccc1F)C1CCN(C(=O)c2ccc(Cl)c(Cl)c2)CC1. The minimum atomic E-state index is -0.258. The van der Waals surface area contributed by atoms with Gasteiger partial charge in [-0.1, -0.05) is 41.4 Å². The summed E-state index contributed by atoms with van der Waals surface area (Å²) in [5, 5.41) is 3.63. The zero-order valence-corrected chi connectivity index (χ0v) is 16.8. The van der Waals surface area contributed by atoms with Crippen molar-refractivity contribution in [1.82, 2.24) is 10.2 Å². The summed E-state index contributed by atoms with van der Waals surface area (Å²) in [6, 6.07) is 11.4. The van der Waals surface area contributed by atoms with E-state index in [-0.39, 0.29) is 23.5 Å². The van der Waals surface area contributed by atoms with E-state index in [4.69, 9.17) is 23.2 Å². The van der Waals surface area contributed by atoms with Gasteiger partial charge in [-0.3, -0.25) is 9.59 Å². The van der Waals surface area contributed by atoms with Crippen LogP contribution in [0.1, 0.15) is 28.8 Å². The molecule has 0 aromatic heterocycles. The van der Waals surface area contributed by atoms with E-state index >= 15 is 0 Å². The number of rotatable bonds is 5. The molecule has 0 bridgehead atoms. The van der Waals surface area contributed by atoms with Crippen LogP contribution in [0.15, 0.2) is 42.5 Å². The summed E-state index contributed by atoms with van der Waals surface area (Å²) >= 11 is 11.9. The summed E-state index contributed by atoms with van der Waals surface area (Å²) in [6.45, 7) is 1.40. The Morgan fingerprint density at radius 3 is 2.46 bits per heavy atom. The zero-order chi connectivity index (χ0) is 20.1. The summed E-state index contributed by atoms with van der Waals surface area (Å²) in [5.41, 5.74) is 1.08. The first-order valence-electron chi connectivity index (χ1n) is 9.21. The number of piperidine rings is 1. The van der Waals surface area contributed by atoms with Crippen molar-refractivity contribution in [3.05, 3.63) is 69.5 Å². The van der Waals surface area contributed by atoms with Gasteiger partial charge in [-0.25, -0.2) is 4.39 Å². The third kappa shape index (κ3) is 5.03. The molecule has 1 fully saturated rings. The molecule has 0 saturated carbocycles. The molecule has 0 spiro atoms. The van der Waals surface area contributed by atoms with Crippen LogP contribution < -0.4 is 5.32 Å². The molecule has 3 rings (SSSR count). The summed E-state index contributed by atoms with van der Waals surface area (Å²) in [6.07, 6.45) is 1.64. The highest BCUT2D eigenvalue weighted by atomic mass is 35.5. The number of carbonyl (C=O) groups is 2. The summed E-state index contributed by atoms with van der Waals surface area (Å²) in [7, 11) is 0. The summed E-state index contributed by atoms with van der Waals surface area (Å²) < 4.78 is 13.6. The molecule has 7 heteroatoms. The van der Waals surface area contributed by atoms with Crippen LogP contribution in [-0.2, 0) is 11.2 Å². The van der Waals surface area contributed by atoms with Crippen LogP contribution >= 0.6 is 23.2 Å². The maximum Gasteiger partial charge on any atom is 0.253 e. The first-order valence-corrected chi connectivity index (χ1v) is 9.96. The number of halogens is 3. The van der Waals surface area contributed by atoms with Gasteiger partial charge in [0.2, 0.25) is 5.91 Å². The fourth-order valence-electron chi connectivity index (χ4n) is 3.32. The number of likely N-dealkylation sites (tertiary alicyclic amines) is 1. The molecule has 1 aliphatic heterocycles. The summed E-state index contributed by atoms with van der Waals surface area (Å²) in [5.74, 6) is -0.556. The van der Waals surface area contributed by atoms with Crippen molar-refractivity contribution in [2.75, 3.05) is 19.6 Å². The van der Waals surface area contributed by atoms with E-state index in [1.165, 1.54) is 6.07 Å². The van der Waals surface area contributed by atoms with Crippen molar-refractivity contribution < 1.29 is 14.0 Å². The highest BCUT2D eigenvalue weighted by Gasteiger charge is 2.27. The molecule has 0 aliphatic carbocycles. The molecule has 0 atom stereocenters. The van der Waals surface area contributed by atoms with Crippen LogP contribution in [0.25, 0.3) is 0 Å². The van der Waals surface area contributed by atoms with Gasteiger partial charge in [0.25, 0.3) is 5.91 Å².